The third-order valence-corrected chi connectivity index (χ3v) is 2.00. The van der Waals surface area contributed by atoms with Gasteiger partial charge in [0.15, 0.2) is 0 Å². The van der Waals surface area contributed by atoms with Gasteiger partial charge in [0.1, 0.15) is 6.61 Å². The Morgan fingerprint density at radius 1 is 1.90 bits per heavy atom. The molecule has 0 unspecified atom stereocenters. The number of ether oxygens (including phenoxy) is 1. The highest BCUT2D eigenvalue weighted by Gasteiger charge is 2.21. The van der Waals surface area contributed by atoms with E-state index in [0.29, 0.717) is 24.6 Å². The number of hydrogen-bond donors (Lipinski definition) is 1. The van der Waals surface area contributed by atoms with Crippen LogP contribution in [0.15, 0.2) is 4.99 Å². The fraction of sp³-hybridized carbons (Fsp3) is 0.857. The Bertz CT molecular complexity index is 145. The largest absolute Gasteiger partial charge is 0.463 e. The molecule has 1 aliphatic rings. The van der Waals surface area contributed by atoms with Crippen LogP contribution in [0.25, 0.3) is 0 Å². The minimum atomic E-state index is 0.296. The van der Waals surface area contributed by atoms with Crippen molar-refractivity contribution >= 4 is 6.02 Å². The van der Waals surface area contributed by atoms with E-state index in [2.05, 4.69) is 18.8 Å². The Labute approximate surface area is 61.3 Å². The summed E-state index contributed by atoms with van der Waals surface area (Å²) in [5, 5.41) is 0. The Morgan fingerprint density at radius 2 is 2.60 bits per heavy atom. The second-order valence-electron chi connectivity index (χ2n) is 2.73. The van der Waals surface area contributed by atoms with E-state index >= 15 is 0 Å². The Morgan fingerprint density at radius 3 is 3.00 bits per heavy atom. The molecular weight excluding hydrogens is 128 g/mol. The summed E-state index contributed by atoms with van der Waals surface area (Å²) in [6, 6.07) is 0.648. The van der Waals surface area contributed by atoms with Crippen molar-refractivity contribution in [2.24, 2.45) is 16.6 Å². The number of aliphatic imine (C=N–C) groups is 1. The third-order valence-electron chi connectivity index (χ3n) is 2.00. The van der Waals surface area contributed by atoms with Gasteiger partial charge in [-0.15, -0.1) is 0 Å². The second-order valence-corrected chi connectivity index (χ2v) is 2.73. The molecule has 0 spiro atoms. The number of nitrogens with two attached hydrogens (primary N) is 1. The van der Waals surface area contributed by atoms with Gasteiger partial charge in [-0.3, -0.25) is 0 Å². The standard InChI is InChI=1S/C7H14N2O/c1-3-5(2)6-4-10-7(8)9-6/h5-6H,3-4H2,1-2H3,(H2,8,9)/t5-,6+/m0/s1. The van der Waals surface area contributed by atoms with E-state index in [1.807, 2.05) is 0 Å². The van der Waals surface area contributed by atoms with E-state index in [4.69, 9.17) is 10.5 Å². The van der Waals surface area contributed by atoms with Gasteiger partial charge in [-0.1, -0.05) is 20.3 Å². The zero-order valence-corrected chi connectivity index (χ0v) is 6.50. The van der Waals surface area contributed by atoms with Gasteiger partial charge in [-0.2, -0.15) is 0 Å². The molecule has 3 heteroatoms. The minimum Gasteiger partial charge on any atom is -0.463 e. The number of nitrogens with zero attached hydrogens (tertiary/aromatic N) is 1. The first-order chi connectivity index (χ1) is 4.74. The zero-order chi connectivity index (χ0) is 7.56. The average molecular weight is 142 g/mol. The topological polar surface area (TPSA) is 47.6 Å². The molecule has 0 amide bonds. The van der Waals surface area contributed by atoms with Crippen LogP contribution in [-0.2, 0) is 4.74 Å². The van der Waals surface area contributed by atoms with Crippen LogP contribution in [0.2, 0.25) is 0 Å². The van der Waals surface area contributed by atoms with E-state index in [1.54, 1.807) is 0 Å². The highest BCUT2D eigenvalue weighted by molar-refractivity contribution is 5.73. The van der Waals surface area contributed by atoms with Crippen LogP contribution in [0.3, 0.4) is 0 Å². The summed E-state index contributed by atoms with van der Waals surface area (Å²) in [6.07, 6.45) is 1.13. The molecule has 2 N–H and O–H groups in total. The molecule has 0 aliphatic carbocycles. The summed E-state index contributed by atoms with van der Waals surface area (Å²) in [4.78, 5) is 4.13. The number of rotatable bonds is 2. The Kier molecular flexibility index (Phi) is 2.14. The predicted octanol–water partition coefficient (Wildman–Crippen LogP) is 0.746. The van der Waals surface area contributed by atoms with Crippen LogP contribution >= 0.6 is 0 Å². The molecule has 0 aromatic carbocycles. The third kappa shape index (κ3) is 1.40. The molecule has 0 saturated carbocycles. The van der Waals surface area contributed by atoms with Crippen molar-refractivity contribution in [1.29, 1.82) is 0 Å². The van der Waals surface area contributed by atoms with Crippen molar-refractivity contribution in [2.75, 3.05) is 6.61 Å². The normalized spacial score (nSPS) is 27.4. The first kappa shape index (κ1) is 7.38. The van der Waals surface area contributed by atoms with Crippen molar-refractivity contribution in [3.8, 4) is 0 Å². The molecule has 3 nitrogen and oxygen atoms in total. The molecule has 0 aromatic rings. The molecule has 0 fully saturated rings. The summed E-state index contributed by atoms with van der Waals surface area (Å²) < 4.78 is 5.02. The lowest BCUT2D eigenvalue weighted by Crippen LogP contribution is -2.16. The van der Waals surface area contributed by atoms with E-state index in [1.165, 1.54) is 0 Å². The highest BCUT2D eigenvalue weighted by Crippen LogP contribution is 2.15. The lowest BCUT2D eigenvalue weighted by atomic mass is 10.0. The van der Waals surface area contributed by atoms with Crippen molar-refractivity contribution in [1.82, 2.24) is 0 Å². The summed E-state index contributed by atoms with van der Waals surface area (Å²) in [5.74, 6) is 0.584. The lowest BCUT2D eigenvalue weighted by molar-refractivity contribution is 0.279. The molecule has 10 heavy (non-hydrogen) atoms. The highest BCUT2D eigenvalue weighted by atomic mass is 16.5. The quantitative estimate of drug-likeness (QED) is 0.618. The SMILES string of the molecule is CC[C@H](C)[C@H]1COC(N)=N1. The molecule has 1 rings (SSSR count). The molecule has 2 atom stereocenters. The summed E-state index contributed by atoms with van der Waals surface area (Å²) in [7, 11) is 0. The van der Waals surface area contributed by atoms with Gasteiger partial charge in [0.25, 0.3) is 6.02 Å². The summed E-state index contributed by atoms with van der Waals surface area (Å²) in [5.41, 5.74) is 5.35. The fourth-order valence-corrected chi connectivity index (χ4v) is 0.972. The second kappa shape index (κ2) is 2.90. The van der Waals surface area contributed by atoms with Crippen LogP contribution in [0.1, 0.15) is 20.3 Å². The first-order valence-electron chi connectivity index (χ1n) is 3.70. The van der Waals surface area contributed by atoms with Crippen molar-refractivity contribution in [2.45, 2.75) is 26.3 Å². The van der Waals surface area contributed by atoms with Crippen molar-refractivity contribution in [3.05, 3.63) is 0 Å². The van der Waals surface area contributed by atoms with Crippen molar-refractivity contribution in [3.63, 3.8) is 0 Å². The van der Waals surface area contributed by atoms with Gasteiger partial charge >= 0.3 is 0 Å². The van der Waals surface area contributed by atoms with Crippen LogP contribution in [0.5, 0.6) is 0 Å². The van der Waals surface area contributed by atoms with E-state index in [-0.39, 0.29) is 0 Å². The van der Waals surface area contributed by atoms with Gasteiger partial charge in [-0.25, -0.2) is 4.99 Å². The molecule has 0 saturated heterocycles. The van der Waals surface area contributed by atoms with Gasteiger partial charge in [0, 0.05) is 0 Å². The fourth-order valence-electron chi connectivity index (χ4n) is 0.972. The van der Waals surface area contributed by atoms with Gasteiger partial charge in [0.2, 0.25) is 0 Å². The number of hydrogen-bond acceptors (Lipinski definition) is 3. The van der Waals surface area contributed by atoms with Gasteiger partial charge in [0.05, 0.1) is 6.04 Å². The van der Waals surface area contributed by atoms with Crippen LogP contribution in [0.4, 0.5) is 0 Å². The molecule has 0 bridgehead atoms. The predicted molar refractivity (Wildman–Crippen MR) is 40.8 cm³/mol. The first-order valence-corrected chi connectivity index (χ1v) is 3.70. The average Bonchev–Trinajstić information content (AvgIpc) is 2.34. The number of amidine groups is 1. The lowest BCUT2D eigenvalue weighted by Gasteiger charge is -2.10. The maximum absolute atomic E-state index is 5.35. The van der Waals surface area contributed by atoms with Gasteiger partial charge in [-0.05, 0) is 5.92 Å². The van der Waals surface area contributed by atoms with Crippen LogP contribution < -0.4 is 5.73 Å². The minimum absolute atomic E-state index is 0.296. The molecule has 1 heterocycles. The summed E-state index contributed by atoms with van der Waals surface area (Å²) >= 11 is 0. The maximum Gasteiger partial charge on any atom is 0.282 e. The maximum atomic E-state index is 5.35. The molecule has 0 aromatic heterocycles. The van der Waals surface area contributed by atoms with Crippen molar-refractivity contribution < 1.29 is 4.74 Å². The molecule has 58 valence electrons. The van der Waals surface area contributed by atoms with Crippen LogP contribution in [-0.4, -0.2) is 18.7 Å². The zero-order valence-electron chi connectivity index (χ0n) is 6.50. The van der Waals surface area contributed by atoms with Gasteiger partial charge < -0.3 is 10.5 Å². The summed E-state index contributed by atoms with van der Waals surface area (Å²) in [6.45, 7) is 4.98. The van der Waals surface area contributed by atoms with Crippen LogP contribution in [0, 0.1) is 5.92 Å². The molecule has 1 aliphatic heterocycles. The Hall–Kier alpha value is -0.730. The van der Waals surface area contributed by atoms with E-state index in [0.717, 1.165) is 6.42 Å². The Balaban J connectivity index is 2.44. The van der Waals surface area contributed by atoms with E-state index < -0.39 is 0 Å². The monoisotopic (exact) mass is 142 g/mol. The smallest absolute Gasteiger partial charge is 0.282 e. The molecular formula is C7H14N2O. The molecule has 0 radical (unpaired) electrons. The van der Waals surface area contributed by atoms with E-state index in [9.17, 15) is 0 Å².